The van der Waals surface area contributed by atoms with E-state index in [1.165, 1.54) is 0 Å². The Hall–Kier alpha value is -2.44. The van der Waals surface area contributed by atoms with Crippen LogP contribution in [-0.2, 0) is 0 Å². The van der Waals surface area contributed by atoms with Crippen molar-refractivity contribution < 1.29 is 4.79 Å². The van der Waals surface area contributed by atoms with E-state index in [2.05, 4.69) is 61.0 Å². The van der Waals surface area contributed by atoms with Crippen LogP contribution in [0.2, 0.25) is 0 Å². The highest BCUT2D eigenvalue weighted by Gasteiger charge is 2.34. The van der Waals surface area contributed by atoms with E-state index >= 15 is 0 Å². The number of hydrogen-bond donors (Lipinski definition) is 0. The highest BCUT2D eigenvalue weighted by atomic mass is 79.9. The predicted molar refractivity (Wildman–Crippen MR) is 129 cm³/mol. The Kier molecular flexibility index (Phi) is 6.06. The Morgan fingerprint density at radius 1 is 0.967 bits per heavy atom. The molecule has 0 radical (unpaired) electrons. The molecule has 6 heteroatoms. The van der Waals surface area contributed by atoms with E-state index < -0.39 is 0 Å². The lowest BCUT2D eigenvalue weighted by molar-refractivity contribution is 0.0710. The van der Waals surface area contributed by atoms with E-state index in [1.807, 2.05) is 62.6 Å². The summed E-state index contributed by atoms with van der Waals surface area (Å²) in [5.41, 5.74) is 4.73. The first-order valence-corrected chi connectivity index (χ1v) is 11.2. The maximum Gasteiger partial charge on any atom is 0.275 e. The molecule has 3 aromatic rings. The molecule has 152 valence electrons. The van der Waals surface area contributed by atoms with Crippen LogP contribution in [-0.4, -0.2) is 30.7 Å². The van der Waals surface area contributed by atoms with Gasteiger partial charge < -0.3 is 4.90 Å². The largest absolute Gasteiger partial charge is 0.378 e. The zero-order valence-electron chi connectivity index (χ0n) is 16.7. The molecule has 30 heavy (non-hydrogen) atoms. The standard InChI is InChI=1S/C24H21Br2N3O/c1-28(2)19-13-9-16(10-14-19)22-15-23(17-7-11-18(25)12-8-17)29(27-22)24(30)20-5-3-4-6-21(20)26/h3-14,23H,15H2,1-2H3/t23-/m1/s1. The molecular formula is C24H21Br2N3O. The third-order valence-electron chi connectivity index (χ3n) is 5.19. The van der Waals surface area contributed by atoms with Crippen molar-refractivity contribution in [2.75, 3.05) is 19.0 Å². The van der Waals surface area contributed by atoms with Crippen LogP contribution in [0, 0.1) is 0 Å². The summed E-state index contributed by atoms with van der Waals surface area (Å²) >= 11 is 7.00. The summed E-state index contributed by atoms with van der Waals surface area (Å²) in [4.78, 5) is 15.5. The minimum absolute atomic E-state index is 0.115. The molecule has 4 nitrogen and oxygen atoms in total. The smallest absolute Gasteiger partial charge is 0.275 e. The van der Waals surface area contributed by atoms with Gasteiger partial charge in [0, 0.05) is 35.1 Å². The predicted octanol–water partition coefficient (Wildman–Crippen LogP) is 6.27. The number of nitrogens with zero attached hydrogens (tertiary/aromatic N) is 3. The van der Waals surface area contributed by atoms with Crippen LogP contribution in [0.25, 0.3) is 0 Å². The molecule has 0 aliphatic carbocycles. The molecule has 0 spiro atoms. The Bertz CT molecular complexity index is 1090. The van der Waals surface area contributed by atoms with Crippen LogP contribution in [0.4, 0.5) is 5.69 Å². The highest BCUT2D eigenvalue weighted by Crippen LogP contribution is 2.35. The van der Waals surface area contributed by atoms with Crippen molar-refractivity contribution in [1.29, 1.82) is 0 Å². The Morgan fingerprint density at radius 2 is 1.63 bits per heavy atom. The summed E-state index contributed by atoms with van der Waals surface area (Å²) in [5, 5.41) is 6.41. The molecular weight excluding hydrogens is 506 g/mol. The number of carbonyl (C=O) groups is 1. The van der Waals surface area contributed by atoms with Gasteiger partial charge in [0.05, 0.1) is 17.3 Å². The van der Waals surface area contributed by atoms with Crippen molar-refractivity contribution in [3.63, 3.8) is 0 Å². The van der Waals surface area contributed by atoms with Gasteiger partial charge in [-0.25, -0.2) is 5.01 Å². The summed E-state index contributed by atoms with van der Waals surface area (Å²) in [6, 6.07) is 23.7. The topological polar surface area (TPSA) is 35.9 Å². The molecule has 4 rings (SSSR count). The third kappa shape index (κ3) is 4.20. The lowest BCUT2D eigenvalue weighted by Gasteiger charge is -2.22. The van der Waals surface area contributed by atoms with Crippen LogP contribution in [0.1, 0.15) is 33.9 Å². The van der Waals surface area contributed by atoms with Crippen molar-refractivity contribution in [2.45, 2.75) is 12.5 Å². The molecule has 0 aromatic heterocycles. The van der Waals surface area contributed by atoms with E-state index in [4.69, 9.17) is 5.10 Å². The first kappa shape index (κ1) is 20.8. The molecule has 0 unspecified atom stereocenters. The van der Waals surface area contributed by atoms with E-state index in [0.717, 1.165) is 31.5 Å². The lowest BCUT2D eigenvalue weighted by Crippen LogP contribution is -2.27. The Labute approximate surface area is 193 Å². The van der Waals surface area contributed by atoms with Gasteiger partial charge in [-0.3, -0.25) is 4.79 Å². The molecule has 1 amide bonds. The SMILES string of the molecule is CN(C)c1ccc(C2=NN(C(=O)c3ccccc3Br)[C@@H](c3ccc(Br)cc3)C2)cc1. The number of anilines is 1. The zero-order chi connectivity index (χ0) is 21.3. The van der Waals surface area contributed by atoms with Crippen molar-refractivity contribution in [3.8, 4) is 0 Å². The summed E-state index contributed by atoms with van der Waals surface area (Å²) in [7, 11) is 4.04. The molecule has 0 saturated carbocycles. The second kappa shape index (κ2) is 8.74. The van der Waals surface area contributed by atoms with Crippen LogP contribution < -0.4 is 4.90 Å². The van der Waals surface area contributed by atoms with E-state index in [1.54, 1.807) is 5.01 Å². The summed E-state index contributed by atoms with van der Waals surface area (Å²) in [6.45, 7) is 0. The van der Waals surface area contributed by atoms with Crippen molar-refractivity contribution in [2.24, 2.45) is 5.10 Å². The molecule has 0 fully saturated rings. The molecule has 1 atom stereocenters. The van der Waals surface area contributed by atoms with Crippen LogP contribution in [0.5, 0.6) is 0 Å². The van der Waals surface area contributed by atoms with E-state index in [9.17, 15) is 4.79 Å². The Morgan fingerprint density at radius 3 is 2.27 bits per heavy atom. The first-order chi connectivity index (χ1) is 14.4. The second-order valence-corrected chi connectivity index (χ2v) is 9.16. The quantitative estimate of drug-likeness (QED) is 0.401. The summed E-state index contributed by atoms with van der Waals surface area (Å²) in [6.07, 6.45) is 0.666. The fourth-order valence-electron chi connectivity index (χ4n) is 3.53. The van der Waals surface area contributed by atoms with Gasteiger partial charge in [0.1, 0.15) is 0 Å². The number of benzene rings is 3. The normalized spacial score (nSPS) is 15.8. The molecule has 1 heterocycles. The molecule has 3 aromatic carbocycles. The monoisotopic (exact) mass is 525 g/mol. The number of amides is 1. The first-order valence-electron chi connectivity index (χ1n) is 9.63. The maximum absolute atomic E-state index is 13.4. The van der Waals surface area contributed by atoms with Crippen molar-refractivity contribution >= 4 is 49.2 Å². The molecule has 0 N–H and O–H groups in total. The van der Waals surface area contributed by atoms with Gasteiger partial charge in [0.25, 0.3) is 5.91 Å². The average molecular weight is 527 g/mol. The van der Waals surface area contributed by atoms with Crippen LogP contribution in [0.15, 0.2) is 86.8 Å². The van der Waals surface area contributed by atoms with E-state index in [0.29, 0.717) is 12.0 Å². The maximum atomic E-state index is 13.4. The van der Waals surface area contributed by atoms with Crippen molar-refractivity contribution in [1.82, 2.24) is 5.01 Å². The highest BCUT2D eigenvalue weighted by molar-refractivity contribution is 9.10. The fraction of sp³-hybridized carbons (Fsp3) is 0.167. The zero-order valence-corrected chi connectivity index (χ0v) is 19.9. The van der Waals surface area contributed by atoms with Gasteiger partial charge >= 0.3 is 0 Å². The average Bonchev–Trinajstić information content (AvgIpc) is 3.19. The van der Waals surface area contributed by atoms with Crippen LogP contribution in [0.3, 0.4) is 0 Å². The number of carbonyl (C=O) groups excluding carboxylic acids is 1. The van der Waals surface area contributed by atoms with Gasteiger partial charge in [-0.2, -0.15) is 5.10 Å². The molecule has 1 aliphatic rings. The number of rotatable bonds is 4. The van der Waals surface area contributed by atoms with Gasteiger partial charge in [0.15, 0.2) is 0 Å². The van der Waals surface area contributed by atoms with E-state index in [-0.39, 0.29) is 11.9 Å². The fourth-order valence-corrected chi connectivity index (χ4v) is 4.25. The van der Waals surface area contributed by atoms with Crippen molar-refractivity contribution in [3.05, 3.63) is 98.4 Å². The summed E-state index contributed by atoms with van der Waals surface area (Å²) < 4.78 is 1.77. The Balaban J connectivity index is 1.72. The minimum atomic E-state index is -0.152. The number of hydrazone groups is 1. The summed E-state index contributed by atoms with van der Waals surface area (Å²) in [5.74, 6) is -0.115. The van der Waals surface area contributed by atoms with Gasteiger partial charge in [-0.15, -0.1) is 0 Å². The molecule has 0 bridgehead atoms. The molecule has 0 saturated heterocycles. The number of hydrogen-bond acceptors (Lipinski definition) is 3. The molecule has 1 aliphatic heterocycles. The second-order valence-electron chi connectivity index (χ2n) is 7.39. The third-order valence-corrected chi connectivity index (χ3v) is 6.41. The minimum Gasteiger partial charge on any atom is -0.378 e. The van der Waals surface area contributed by atoms with Gasteiger partial charge in [-0.05, 0) is 63.5 Å². The van der Waals surface area contributed by atoms with Crippen LogP contribution >= 0.6 is 31.9 Å². The lowest BCUT2D eigenvalue weighted by atomic mass is 9.98. The van der Waals surface area contributed by atoms with Gasteiger partial charge in [0.2, 0.25) is 0 Å². The number of halogens is 2. The van der Waals surface area contributed by atoms with Gasteiger partial charge in [-0.1, -0.05) is 52.3 Å².